The summed E-state index contributed by atoms with van der Waals surface area (Å²) in [6, 6.07) is 1.66. The van der Waals surface area contributed by atoms with Gasteiger partial charge in [-0.1, -0.05) is 0 Å². The largest absolute Gasteiger partial charge is 0.346 e. The summed E-state index contributed by atoms with van der Waals surface area (Å²) in [5.41, 5.74) is 0.928. The lowest BCUT2D eigenvalue weighted by Gasteiger charge is -2.00. The molecule has 78 valence electrons. The van der Waals surface area contributed by atoms with Gasteiger partial charge in [0.05, 0.1) is 15.2 Å². The standard InChI is InChI=1S/C8H8BrF2NOS/c1-4-2-5(14-7(4)9)8(13)12-3-6(10)11/h2,6H,3H2,1H3,(H,12,13). The van der Waals surface area contributed by atoms with Crippen molar-refractivity contribution in [2.75, 3.05) is 6.54 Å². The zero-order chi connectivity index (χ0) is 10.7. The number of alkyl halides is 2. The van der Waals surface area contributed by atoms with E-state index in [2.05, 4.69) is 21.2 Å². The number of amides is 1. The van der Waals surface area contributed by atoms with Crippen molar-refractivity contribution in [3.63, 3.8) is 0 Å². The van der Waals surface area contributed by atoms with Crippen LogP contribution in [0.2, 0.25) is 0 Å². The minimum absolute atomic E-state index is 0.440. The third-order valence-corrected chi connectivity index (χ3v) is 3.63. The van der Waals surface area contributed by atoms with Crippen LogP contribution in [-0.4, -0.2) is 18.9 Å². The van der Waals surface area contributed by atoms with E-state index in [0.717, 1.165) is 9.35 Å². The lowest BCUT2D eigenvalue weighted by Crippen LogP contribution is -2.27. The van der Waals surface area contributed by atoms with E-state index in [0.29, 0.717) is 4.88 Å². The molecule has 1 aromatic rings. The van der Waals surface area contributed by atoms with E-state index in [1.54, 1.807) is 6.07 Å². The van der Waals surface area contributed by atoms with Crippen LogP contribution in [0.15, 0.2) is 9.85 Å². The highest BCUT2D eigenvalue weighted by atomic mass is 79.9. The van der Waals surface area contributed by atoms with Gasteiger partial charge in [0.2, 0.25) is 0 Å². The number of hydrogen-bond donors (Lipinski definition) is 1. The molecule has 1 aromatic heterocycles. The molecule has 1 N–H and O–H groups in total. The molecule has 2 nitrogen and oxygen atoms in total. The number of aryl methyl sites for hydroxylation is 1. The topological polar surface area (TPSA) is 29.1 Å². The second kappa shape index (κ2) is 4.84. The lowest BCUT2D eigenvalue weighted by atomic mass is 10.3. The Balaban J connectivity index is 2.61. The fourth-order valence-electron chi connectivity index (χ4n) is 0.829. The molecule has 0 unspecified atom stereocenters. The summed E-state index contributed by atoms with van der Waals surface area (Å²) in [5.74, 6) is -0.455. The van der Waals surface area contributed by atoms with E-state index < -0.39 is 18.9 Å². The summed E-state index contributed by atoms with van der Waals surface area (Å²) in [4.78, 5) is 11.7. The van der Waals surface area contributed by atoms with Crippen LogP contribution in [-0.2, 0) is 0 Å². The monoisotopic (exact) mass is 283 g/mol. The molecule has 0 aromatic carbocycles. The average Bonchev–Trinajstić information content (AvgIpc) is 2.43. The van der Waals surface area contributed by atoms with Crippen molar-refractivity contribution in [1.82, 2.24) is 5.32 Å². The van der Waals surface area contributed by atoms with Crippen molar-refractivity contribution >= 4 is 33.2 Å². The zero-order valence-electron chi connectivity index (χ0n) is 7.31. The highest BCUT2D eigenvalue weighted by molar-refractivity contribution is 9.11. The molecule has 0 atom stereocenters. The Morgan fingerprint density at radius 3 is 2.79 bits per heavy atom. The predicted octanol–water partition coefficient (Wildman–Crippen LogP) is 2.81. The maximum Gasteiger partial charge on any atom is 0.261 e. The number of thiophene rings is 1. The van der Waals surface area contributed by atoms with Crippen LogP contribution in [0.5, 0.6) is 0 Å². The van der Waals surface area contributed by atoms with Crippen LogP contribution >= 0.6 is 27.3 Å². The number of nitrogens with one attached hydrogen (secondary N) is 1. The zero-order valence-corrected chi connectivity index (χ0v) is 9.71. The second-order valence-electron chi connectivity index (χ2n) is 2.67. The molecule has 6 heteroatoms. The van der Waals surface area contributed by atoms with Crippen molar-refractivity contribution in [2.24, 2.45) is 0 Å². The summed E-state index contributed by atoms with van der Waals surface area (Å²) in [6.45, 7) is 1.23. The van der Waals surface area contributed by atoms with Gasteiger partial charge in [0, 0.05) is 0 Å². The molecule has 14 heavy (non-hydrogen) atoms. The van der Waals surface area contributed by atoms with Gasteiger partial charge in [0.1, 0.15) is 0 Å². The van der Waals surface area contributed by atoms with Crippen molar-refractivity contribution in [3.05, 3.63) is 20.3 Å². The van der Waals surface area contributed by atoms with Crippen LogP contribution in [0.3, 0.4) is 0 Å². The Hall–Kier alpha value is -0.490. The van der Waals surface area contributed by atoms with Crippen molar-refractivity contribution in [1.29, 1.82) is 0 Å². The van der Waals surface area contributed by atoms with Gasteiger partial charge in [-0.3, -0.25) is 4.79 Å². The number of carbonyl (C=O) groups excluding carboxylic acids is 1. The third kappa shape index (κ3) is 3.02. The molecule has 0 fully saturated rings. The van der Waals surface area contributed by atoms with Crippen molar-refractivity contribution < 1.29 is 13.6 Å². The number of halogens is 3. The van der Waals surface area contributed by atoms with E-state index in [4.69, 9.17) is 0 Å². The van der Waals surface area contributed by atoms with E-state index >= 15 is 0 Å². The Labute approximate surface area is 92.4 Å². The molecule has 0 aliphatic rings. The third-order valence-electron chi connectivity index (χ3n) is 1.50. The molecule has 0 saturated carbocycles. The maximum absolute atomic E-state index is 11.8. The van der Waals surface area contributed by atoms with Crippen LogP contribution in [0.25, 0.3) is 0 Å². The molecular weight excluding hydrogens is 276 g/mol. The second-order valence-corrected chi connectivity index (χ2v) is 5.04. The normalized spacial score (nSPS) is 10.6. The Morgan fingerprint density at radius 1 is 1.71 bits per heavy atom. The molecule has 1 rings (SSSR count). The summed E-state index contributed by atoms with van der Waals surface area (Å²) < 4.78 is 24.4. The van der Waals surface area contributed by atoms with Gasteiger partial charge in [-0.2, -0.15) is 0 Å². The molecular formula is C8H8BrF2NOS. The summed E-state index contributed by atoms with van der Waals surface area (Å²) >= 11 is 4.49. The molecule has 0 aliphatic carbocycles. The maximum atomic E-state index is 11.8. The van der Waals surface area contributed by atoms with Gasteiger partial charge in [-0.25, -0.2) is 8.78 Å². The molecule has 1 heterocycles. The van der Waals surface area contributed by atoms with Gasteiger partial charge < -0.3 is 5.32 Å². The van der Waals surface area contributed by atoms with Gasteiger partial charge in [0.25, 0.3) is 12.3 Å². The van der Waals surface area contributed by atoms with E-state index in [-0.39, 0.29) is 0 Å². The van der Waals surface area contributed by atoms with Crippen molar-refractivity contribution in [3.8, 4) is 0 Å². The van der Waals surface area contributed by atoms with Crippen LogP contribution in [0.4, 0.5) is 8.78 Å². The summed E-state index contributed by atoms with van der Waals surface area (Å²) in [6.07, 6.45) is -2.51. The smallest absolute Gasteiger partial charge is 0.261 e. The van der Waals surface area contributed by atoms with Crippen LogP contribution < -0.4 is 5.32 Å². The van der Waals surface area contributed by atoms with Crippen LogP contribution in [0, 0.1) is 6.92 Å². The van der Waals surface area contributed by atoms with E-state index in [1.807, 2.05) is 6.92 Å². The molecule has 0 bridgehead atoms. The fraction of sp³-hybridized carbons (Fsp3) is 0.375. The molecule has 0 aliphatic heterocycles. The van der Waals surface area contributed by atoms with Crippen molar-refractivity contribution in [2.45, 2.75) is 13.3 Å². The SMILES string of the molecule is Cc1cc(C(=O)NCC(F)F)sc1Br. The number of carbonyl (C=O) groups is 1. The van der Waals surface area contributed by atoms with Gasteiger partial charge in [-0.05, 0) is 34.5 Å². The van der Waals surface area contributed by atoms with Gasteiger partial charge >= 0.3 is 0 Å². The highest BCUT2D eigenvalue weighted by Gasteiger charge is 2.12. The van der Waals surface area contributed by atoms with Gasteiger partial charge in [-0.15, -0.1) is 11.3 Å². The minimum Gasteiger partial charge on any atom is -0.346 e. The first kappa shape index (κ1) is 11.6. The first-order chi connectivity index (χ1) is 6.50. The minimum atomic E-state index is -2.51. The number of rotatable bonds is 3. The highest BCUT2D eigenvalue weighted by Crippen LogP contribution is 2.27. The van der Waals surface area contributed by atoms with Gasteiger partial charge in [0.15, 0.2) is 0 Å². The summed E-state index contributed by atoms with van der Waals surface area (Å²) in [7, 11) is 0. The quantitative estimate of drug-likeness (QED) is 0.908. The molecule has 1 amide bonds. The Bertz CT molecular complexity index is 321. The lowest BCUT2D eigenvalue weighted by molar-refractivity contribution is 0.0895. The van der Waals surface area contributed by atoms with E-state index in [9.17, 15) is 13.6 Å². The summed E-state index contributed by atoms with van der Waals surface area (Å²) in [5, 5.41) is 2.14. The molecule has 0 saturated heterocycles. The average molecular weight is 284 g/mol. The fourth-order valence-corrected chi connectivity index (χ4v) is 2.28. The molecule has 0 spiro atoms. The first-order valence-electron chi connectivity index (χ1n) is 3.83. The van der Waals surface area contributed by atoms with E-state index in [1.165, 1.54) is 11.3 Å². The Morgan fingerprint density at radius 2 is 2.36 bits per heavy atom. The predicted molar refractivity (Wildman–Crippen MR) is 55.1 cm³/mol. The first-order valence-corrected chi connectivity index (χ1v) is 5.44. The van der Waals surface area contributed by atoms with Crippen LogP contribution in [0.1, 0.15) is 15.2 Å². The Kier molecular flexibility index (Phi) is 4.00. The number of hydrogen-bond acceptors (Lipinski definition) is 2. The molecule has 0 radical (unpaired) electrons.